The van der Waals surface area contributed by atoms with E-state index < -0.39 is 0 Å². The summed E-state index contributed by atoms with van der Waals surface area (Å²) in [5.74, 6) is 0.881. The lowest BCUT2D eigenvalue weighted by molar-refractivity contribution is 0.306. The zero-order valence-corrected chi connectivity index (χ0v) is 11.6. The zero-order valence-electron chi connectivity index (χ0n) is 10.8. The van der Waals surface area contributed by atoms with Crippen LogP contribution in [0.1, 0.15) is 17.5 Å². The summed E-state index contributed by atoms with van der Waals surface area (Å²) < 4.78 is 5.72. The maximum Gasteiger partial charge on any atom is 0.119 e. The lowest BCUT2D eigenvalue weighted by atomic mass is 10.1. The number of hydrogen-bond acceptors (Lipinski definition) is 2. The van der Waals surface area contributed by atoms with Crippen molar-refractivity contribution in [3.8, 4) is 5.75 Å². The van der Waals surface area contributed by atoms with Crippen LogP contribution in [-0.4, -0.2) is 6.54 Å². The molecule has 100 valence electrons. The van der Waals surface area contributed by atoms with Gasteiger partial charge in [0.15, 0.2) is 0 Å². The number of ether oxygens (including phenoxy) is 1. The van der Waals surface area contributed by atoms with Gasteiger partial charge in [-0.05, 0) is 54.8 Å². The fourth-order valence-electron chi connectivity index (χ4n) is 1.81. The van der Waals surface area contributed by atoms with Gasteiger partial charge in [-0.25, -0.2) is 0 Å². The molecule has 0 heterocycles. The Morgan fingerprint density at radius 1 is 0.895 bits per heavy atom. The summed E-state index contributed by atoms with van der Waals surface area (Å²) in [5, 5.41) is 0.744. The summed E-state index contributed by atoms with van der Waals surface area (Å²) in [6.45, 7) is 1.29. The van der Waals surface area contributed by atoms with E-state index in [4.69, 9.17) is 22.1 Å². The summed E-state index contributed by atoms with van der Waals surface area (Å²) in [5.41, 5.74) is 7.90. The van der Waals surface area contributed by atoms with Crippen LogP contribution in [0.25, 0.3) is 0 Å². The van der Waals surface area contributed by atoms with Gasteiger partial charge in [0.1, 0.15) is 12.4 Å². The molecule has 0 aliphatic rings. The topological polar surface area (TPSA) is 35.2 Å². The van der Waals surface area contributed by atoms with Gasteiger partial charge < -0.3 is 10.5 Å². The first-order valence-electron chi connectivity index (χ1n) is 6.44. The van der Waals surface area contributed by atoms with Crippen LogP contribution in [-0.2, 0) is 13.0 Å². The average Bonchev–Trinajstić information content (AvgIpc) is 2.46. The first kappa shape index (κ1) is 13.9. The van der Waals surface area contributed by atoms with Crippen LogP contribution in [0, 0.1) is 0 Å². The van der Waals surface area contributed by atoms with Crippen molar-refractivity contribution in [3.63, 3.8) is 0 Å². The highest BCUT2D eigenvalue weighted by molar-refractivity contribution is 6.30. The van der Waals surface area contributed by atoms with Gasteiger partial charge in [-0.2, -0.15) is 0 Å². The molecule has 2 rings (SSSR count). The number of nitrogens with two attached hydrogens (primary N) is 1. The third-order valence-electron chi connectivity index (χ3n) is 2.91. The first-order chi connectivity index (χ1) is 9.28. The Balaban J connectivity index is 1.87. The van der Waals surface area contributed by atoms with Gasteiger partial charge in [0, 0.05) is 5.02 Å². The molecule has 0 bridgehead atoms. The predicted molar refractivity (Wildman–Crippen MR) is 79.6 cm³/mol. The molecule has 0 aliphatic carbocycles. The summed E-state index contributed by atoms with van der Waals surface area (Å²) in [4.78, 5) is 0. The molecule has 2 aromatic rings. The van der Waals surface area contributed by atoms with E-state index in [0.29, 0.717) is 6.61 Å². The van der Waals surface area contributed by atoms with Gasteiger partial charge in [0.05, 0.1) is 0 Å². The largest absolute Gasteiger partial charge is 0.489 e. The third-order valence-corrected chi connectivity index (χ3v) is 3.16. The number of rotatable bonds is 6. The molecule has 3 heteroatoms. The van der Waals surface area contributed by atoms with Crippen LogP contribution >= 0.6 is 11.6 Å². The van der Waals surface area contributed by atoms with Gasteiger partial charge in [-0.3, -0.25) is 0 Å². The summed E-state index contributed by atoms with van der Waals surface area (Å²) in [7, 11) is 0. The minimum atomic E-state index is 0.555. The van der Waals surface area contributed by atoms with E-state index in [1.54, 1.807) is 0 Å². The SMILES string of the molecule is NCCCc1ccc(OCc2ccc(Cl)cc2)cc1. The smallest absolute Gasteiger partial charge is 0.119 e. The van der Waals surface area contributed by atoms with Gasteiger partial charge in [-0.15, -0.1) is 0 Å². The number of halogens is 1. The fraction of sp³-hybridized carbons (Fsp3) is 0.250. The molecule has 0 fully saturated rings. The first-order valence-corrected chi connectivity index (χ1v) is 6.82. The van der Waals surface area contributed by atoms with E-state index in [-0.39, 0.29) is 0 Å². The van der Waals surface area contributed by atoms with E-state index in [1.807, 2.05) is 36.4 Å². The molecule has 2 nitrogen and oxygen atoms in total. The second-order valence-corrected chi connectivity index (χ2v) is 4.89. The molecule has 2 N–H and O–H groups in total. The van der Waals surface area contributed by atoms with E-state index in [2.05, 4.69) is 12.1 Å². The van der Waals surface area contributed by atoms with E-state index in [0.717, 1.165) is 35.7 Å². The van der Waals surface area contributed by atoms with Crippen LogP contribution in [0.5, 0.6) is 5.75 Å². The maximum absolute atomic E-state index is 5.84. The fourth-order valence-corrected chi connectivity index (χ4v) is 1.93. The Labute approximate surface area is 119 Å². The second-order valence-electron chi connectivity index (χ2n) is 4.45. The Bertz CT molecular complexity index is 493. The predicted octanol–water partition coefficient (Wildman–Crippen LogP) is 3.81. The van der Waals surface area contributed by atoms with Crippen molar-refractivity contribution in [2.45, 2.75) is 19.4 Å². The average molecular weight is 276 g/mol. The van der Waals surface area contributed by atoms with Crippen molar-refractivity contribution >= 4 is 11.6 Å². The molecule has 0 spiro atoms. The van der Waals surface area contributed by atoms with Crippen molar-refractivity contribution in [1.82, 2.24) is 0 Å². The standard InChI is InChI=1S/C16H18ClNO/c17-15-7-3-14(4-8-15)12-19-16-9-5-13(6-10-16)2-1-11-18/h3-10H,1-2,11-12,18H2. The molecule has 2 aromatic carbocycles. The lowest BCUT2D eigenvalue weighted by Crippen LogP contribution is -2.00. The van der Waals surface area contributed by atoms with Crippen LogP contribution in [0.2, 0.25) is 5.02 Å². The van der Waals surface area contributed by atoms with Crippen molar-refractivity contribution < 1.29 is 4.74 Å². The summed E-state index contributed by atoms with van der Waals surface area (Å²) >= 11 is 5.84. The van der Waals surface area contributed by atoms with Crippen molar-refractivity contribution in [1.29, 1.82) is 0 Å². The molecule has 0 saturated carbocycles. The number of benzene rings is 2. The number of aryl methyl sites for hydroxylation is 1. The van der Waals surface area contributed by atoms with E-state index >= 15 is 0 Å². The van der Waals surface area contributed by atoms with Gasteiger partial charge in [0.25, 0.3) is 0 Å². The minimum Gasteiger partial charge on any atom is -0.489 e. The van der Waals surface area contributed by atoms with Gasteiger partial charge >= 0.3 is 0 Å². The van der Waals surface area contributed by atoms with E-state index in [1.165, 1.54) is 5.56 Å². The Kier molecular flexibility index (Phi) is 5.25. The Morgan fingerprint density at radius 2 is 1.53 bits per heavy atom. The van der Waals surface area contributed by atoms with Crippen LogP contribution in [0.15, 0.2) is 48.5 Å². The minimum absolute atomic E-state index is 0.555. The quantitative estimate of drug-likeness (QED) is 0.870. The van der Waals surface area contributed by atoms with Crippen LogP contribution < -0.4 is 10.5 Å². The molecule has 0 atom stereocenters. The molecule has 0 aliphatic heterocycles. The lowest BCUT2D eigenvalue weighted by Gasteiger charge is -2.07. The van der Waals surface area contributed by atoms with Crippen LogP contribution in [0.4, 0.5) is 0 Å². The van der Waals surface area contributed by atoms with Gasteiger partial charge in [-0.1, -0.05) is 35.9 Å². The molecule has 0 radical (unpaired) electrons. The third kappa shape index (κ3) is 4.58. The highest BCUT2D eigenvalue weighted by Gasteiger charge is 1.97. The number of hydrogen-bond donors (Lipinski definition) is 1. The second kappa shape index (κ2) is 7.17. The molecular weight excluding hydrogens is 258 g/mol. The van der Waals surface area contributed by atoms with Gasteiger partial charge in [0.2, 0.25) is 0 Å². The maximum atomic E-state index is 5.84. The highest BCUT2D eigenvalue weighted by Crippen LogP contribution is 2.16. The molecular formula is C16H18ClNO. The molecule has 19 heavy (non-hydrogen) atoms. The molecule has 0 amide bonds. The van der Waals surface area contributed by atoms with Crippen molar-refractivity contribution in [3.05, 3.63) is 64.7 Å². The molecule has 0 unspecified atom stereocenters. The highest BCUT2D eigenvalue weighted by atomic mass is 35.5. The molecule has 0 aromatic heterocycles. The summed E-state index contributed by atoms with van der Waals surface area (Å²) in [6, 6.07) is 15.9. The van der Waals surface area contributed by atoms with Crippen LogP contribution in [0.3, 0.4) is 0 Å². The monoisotopic (exact) mass is 275 g/mol. The Morgan fingerprint density at radius 3 is 2.16 bits per heavy atom. The normalized spacial score (nSPS) is 10.4. The van der Waals surface area contributed by atoms with E-state index in [9.17, 15) is 0 Å². The van der Waals surface area contributed by atoms with Crippen molar-refractivity contribution in [2.75, 3.05) is 6.54 Å². The van der Waals surface area contributed by atoms with Crippen molar-refractivity contribution in [2.24, 2.45) is 5.73 Å². The summed E-state index contributed by atoms with van der Waals surface area (Å²) in [6.07, 6.45) is 2.04. The molecule has 0 saturated heterocycles. The zero-order chi connectivity index (χ0) is 13.5. The Hall–Kier alpha value is -1.51.